The van der Waals surface area contributed by atoms with E-state index in [0.29, 0.717) is 18.0 Å². The van der Waals surface area contributed by atoms with Gasteiger partial charge in [-0.1, -0.05) is 0 Å². The number of nitrogen functional groups attached to an aromatic ring is 2. The summed E-state index contributed by atoms with van der Waals surface area (Å²) >= 11 is 0. The SMILES string of the molecule is CCOc1ccc(-n2cc(C(=O)NN)c(C(=O)NN)n2)cc1. The Balaban J connectivity index is 2.41. The number of hydrogen-bond donors (Lipinski definition) is 4. The number of nitrogens with two attached hydrogens (primary N) is 2. The van der Waals surface area contributed by atoms with Gasteiger partial charge in [-0.25, -0.2) is 16.4 Å². The van der Waals surface area contributed by atoms with Gasteiger partial charge >= 0.3 is 0 Å². The standard InChI is InChI=1S/C13H16N6O3/c1-2-22-9-5-3-8(4-6-9)19-7-10(12(20)16-14)11(18-19)13(21)17-15/h3-7H,2,14-15H2,1H3,(H,16,20)(H,17,21). The minimum Gasteiger partial charge on any atom is -0.494 e. The minimum atomic E-state index is -0.691. The number of benzene rings is 1. The van der Waals surface area contributed by atoms with Crippen molar-refractivity contribution < 1.29 is 14.3 Å². The molecule has 0 atom stereocenters. The summed E-state index contributed by atoms with van der Waals surface area (Å²) in [5, 5.41) is 4.06. The molecule has 2 amide bonds. The Morgan fingerprint density at radius 1 is 1.18 bits per heavy atom. The quantitative estimate of drug-likeness (QED) is 0.333. The van der Waals surface area contributed by atoms with Crippen LogP contribution >= 0.6 is 0 Å². The summed E-state index contributed by atoms with van der Waals surface area (Å²) in [7, 11) is 0. The van der Waals surface area contributed by atoms with Gasteiger partial charge in [-0.2, -0.15) is 5.10 Å². The molecule has 0 saturated carbocycles. The molecule has 0 saturated heterocycles. The van der Waals surface area contributed by atoms with Gasteiger partial charge in [0.25, 0.3) is 11.8 Å². The van der Waals surface area contributed by atoms with Crippen LogP contribution in [0.15, 0.2) is 30.5 Å². The first-order chi connectivity index (χ1) is 10.6. The molecule has 0 unspecified atom stereocenters. The topological polar surface area (TPSA) is 137 Å². The van der Waals surface area contributed by atoms with Crippen LogP contribution in [0.1, 0.15) is 27.8 Å². The lowest BCUT2D eigenvalue weighted by atomic mass is 10.2. The summed E-state index contributed by atoms with van der Waals surface area (Å²) in [6.45, 7) is 2.44. The van der Waals surface area contributed by atoms with Gasteiger partial charge in [0.15, 0.2) is 5.69 Å². The number of nitrogens with zero attached hydrogens (tertiary/aromatic N) is 2. The summed E-state index contributed by atoms with van der Waals surface area (Å²) in [6.07, 6.45) is 1.39. The van der Waals surface area contributed by atoms with Gasteiger partial charge in [-0.05, 0) is 31.2 Å². The maximum atomic E-state index is 11.7. The molecule has 1 heterocycles. The third kappa shape index (κ3) is 3.05. The molecular formula is C13H16N6O3. The van der Waals surface area contributed by atoms with Gasteiger partial charge in [0.1, 0.15) is 5.75 Å². The first-order valence-electron chi connectivity index (χ1n) is 6.45. The number of hydrogen-bond acceptors (Lipinski definition) is 6. The number of nitrogens with one attached hydrogen (secondary N) is 2. The van der Waals surface area contributed by atoms with Crippen LogP contribution in [-0.2, 0) is 0 Å². The minimum absolute atomic E-state index is 0.0133. The van der Waals surface area contributed by atoms with Crippen molar-refractivity contribution in [3.05, 3.63) is 41.7 Å². The number of hydrazine groups is 2. The molecule has 6 N–H and O–H groups in total. The predicted molar refractivity (Wildman–Crippen MR) is 78.0 cm³/mol. The fourth-order valence-corrected chi connectivity index (χ4v) is 1.85. The number of carbonyl (C=O) groups is 2. The van der Waals surface area contributed by atoms with Crippen LogP contribution < -0.4 is 27.3 Å². The van der Waals surface area contributed by atoms with Crippen molar-refractivity contribution >= 4 is 11.8 Å². The summed E-state index contributed by atoms with van der Waals surface area (Å²) in [4.78, 5) is 23.4. The molecule has 0 bridgehead atoms. The molecule has 0 spiro atoms. The third-order valence-corrected chi connectivity index (χ3v) is 2.85. The van der Waals surface area contributed by atoms with Gasteiger partial charge in [-0.15, -0.1) is 0 Å². The molecule has 0 fully saturated rings. The van der Waals surface area contributed by atoms with E-state index in [0.717, 1.165) is 0 Å². The van der Waals surface area contributed by atoms with E-state index in [1.54, 1.807) is 24.3 Å². The predicted octanol–water partition coefficient (Wildman–Crippen LogP) is -0.522. The normalized spacial score (nSPS) is 10.1. The van der Waals surface area contributed by atoms with Crippen molar-refractivity contribution in [2.45, 2.75) is 6.92 Å². The lowest BCUT2D eigenvalue weighted by Gasteiger charge is -2.04. The van der Waals surface area contributed by atoms with E-state index in [4.69, 9.17) is 16.4 Å². The zero-order chi connectivity index (χ0) is 16.1. The van der Waals surface area contributed by atoms with Crippen LogP contribution in [0.3, 0.4) is 0 Å². The van der Waals surface area contributed by atoms with Gasteiger partial charge in [0, 0.05) is 6.20 Å². The van der Waals surface area contributed by atoms with Gasteiger partial charge in [0.05, 0.1) is 17.9 Å². The molecule has 2 aromatic rings. The third-order valence-electron chi connectivity index (χ3n) is 2.85. The highest BCUT2D eigenvalue weighted by atomic mass is 16.5. The van der Waals surface area contributed by atoms with Gasteiger partial charge in [0.2, 0.25) is 0 Å². The molecule has 1 aromatic heterocycles. The molecule has 116 valence electrons. The fraction of sp³-hybridized carbons (Fsp3) is 0.154. The van der Waals surface area contributed by atoms with E-state index in [1.807, 2.05) is 17.8 Å². The Labute approximate surface area is 126 Å². The molecule has 0 aliphatic carbocycles. The summed E-state index contributed by atoms with van der Waals surface area (Å²) in [5.41, 5.74) is 4.43. The second-order valence-electron chi connectivity index (χ2n) is 4.21. The van der Waals surface area contributed by atoms with Crippen molar-refractivity contribution in [2.75, 3.05) is 6.61 Å². The summed E-state index contributed by atoms with van der Waals surface area (Å²) in [6, 6.07) is 7.00. The summed E-state index contributed by atoms with van der Waals surface area (Å²) in [5.74, 6) is 9.56. The van der Waals surface area contributed by atoms with E-state index in [1.165, 1.54) is 10.9 Å². The van der Waals surface area contributed by atoms with E-state index in [2.05, 4.69) is 5.10 Å². The van der Waals surface area contributed by atoms with Crippen LogP contribution in [0.5, 0.6) is 5.75 Å². The highest BCUT2D eigenvalue weighted by molar-refractivity contribution is 6.05. The lowest BCUT2D eigenvalue weighted by molar-refractivity contribution is 0.0917. The molecule has 1 aromatic carbocycles. The molecule has 9 heteroatoms. The molecule has 0 aliphatic rings. The molecule has 2 rings (SSSR count). The monoisotopic (exact) mass is 304 g/mol. The number of carbonyl (C=O) groups excluding carboxylic acids is 2. The molecule has 9 nitrogen and oxygen atoms in total. The number of ether oxygens (including phenoxy) is 1. The summed E-state index contributed by atoms with van der Waals surface area (Å²) < 4.78 is 6.73. The van der Waals surface area contributed by atoms with Crippen LogP contribution in [0, 0.1) is 0 Å². The second-order valence-corrected chi connectivity index (χ2v) is 4.21. The maximum absolute atomic E-state index is 11.7. The van der Waals surface area contributed by atoms with E-state index >= 15 is 0 Å². The van der Waals surface area contributed by atoms with Crippen LogP contribution in [0.4, 0.5) is 0 Å². The van der Waals surface area contributed by atoms with Crippen LogP contribution in [-0.4, -0.2) is 28.2 Å². The zero-order valence-corrected chi connectivity index (χ0v) is 11.9. The Bertz CT molecular complexity index is 646. The van der Waals surface area contributed by atoms with Crippen molar-refractivity contribution in [2.24, 2.45) is 11.7 Å². The van der Waals surface area contributed by atoms with Crippen LogP contribution in [0.25, 0.3) is 5.69 Å². The highest BCUT2D eigenvalue weighted by Crippen LogP contribution is 2.17. The van der Waals surface area contributed by atoms with Crippen LogP contribution in [0.2, 0.25) is 0 Å². The number of amides is 2. The number of rotatable bonds is 5. The maximum Gasteiger partial charge on any atom is 0.286 e. The Morgan fingerprint density at radius 3 is 2.36 bits per heavy atom. The Hall–Kier alpha value is -2.91. The number of aromatic nitrogens is 2. The van der Waals surface area contributed by atoms with E-state index < -0.39 is 11.8 Å². The Kier molecular flexibility index (Phi) is 4.71. The van der Waals surface area contributed by atoms with Crippen molar-refractivity contribution in [3.8, 4) is 11.4 Å². The second kappa shape index (κ2) is 6.70. The van der Waals surface area contributed by atoms with Crippen molar-refractivity contribution in [1.82, 2.24) is 20.6 Å². The highest BCUT2D eigenvalue weighted by Gasteiger charge is 2.21. The van der Waals surface area contributed by atoms with Crippen molar-refractivity contribution in [1.29, 1.82) is 0 Å². The fourth-order valence-electron chi connectivity index (χ4n) is 1.85. The molecule has 22 heavy (non-hydrogen) atoms. The lowest BCUT2D eigenvalue weighted by Crippen LogP contribution is -2.35. The Morgan fingerprint density at radius 2 is 1.82 bits per heavy atom. The molecular weight excluding hydrogens is 288 g/mol. The van der Waals surface area contributed by atoms with Gasteiger partial charge < -0.3 is 4.74 Å². The average Bonchev–Trinajstić information content (AvgIpc) is 2.99. The van der Waals surface area contributed by atoms with E-state index in [9.17, 15) is 9.59 Å². The molecule has 0 aliphatic heterocycles. The van der Waals surface area contributed by atoms with Crippen molar-refractivity contribution in [3.63, 3.8) is 0 Å². The first-order valence-corrected chi connectivity index (χ1v) is 6.45. The first kappa shape index (κ1) is 15.5. The smallest absolute Gasteiger partial charge is 0.286 e. The average molecular weight is 304 g/mol. The van der Waals surface area contributed by atoms with Gasteiger partial charge in [-0.3, -0.25) is 20.4 Å². The molecule has 0 radical (unpaired) electrons. The zero-order valence-electron chi connectivity index (χ0n) is 11.9. The van der Waals surface area contributed by atoms with E-state index in [-0.39, 0.29) is 11.3 Å². The largest absolute Gasteiger partial charge is 0.494 e.